The molecule has 1 N–H and O–H groups in total. The molecule has 2 heterocycles. The highest BCUT2D eigenvalue weighted by Gasteiger charge is 2.38. The van der Waals surface area contributed by atoms with Gasteiger partial charge >= 0.3 is 0 Å². The largest absolute Gasteiger partial charge is 0.342 e. The molecule has 24 heavy (non-hydrogen) atoms. The maximum Gasteiger partial charge on any atom is 0.238 e. The van der Waals surface area contributed by atoms with Crippen molar-refractivity contribution in [2.24, 2.45) is 0 Å². The van der Waals surface area contributed by atoms with Crippen LogP contribution in [0.25, 0.3) is 0 Å². The zero-order valence-electron chi connectivity index (χ0n) is 13.9. The predicted molar refractivity (Wildman–Crippen MR) is 95.9 cm³/mol. The third-order valence-electron chi connectivity index (χ3n) is 4.15. The molecule has 0 bridgehead atoms. The number of nitrogens with one attached hydrogen (secondary N) is 1. The average molecular weight is 366 g/mol. The van der Waals surface area contributed by atoms with E-state index >= 15 is 0 Å². The van der Waals surface area contributed by atoms with Crippen LogP contribution in [0.2, 0.25) is 5.02 Å². The number of carbonyl (C=O) groups excluding carboxylic acids is 1. The van der Waals surface area contributed by atoms with Crippen LogP contribution in [-0.4, -0.2) is 44.0 Å². The van der Waals surface area contributed by atoms with Gasteiger partial charge < -0.3 is 10.3 Å². The van der Waals surface area contributed by atoms with Crippen molar-refractivity contribution in [3.8, 4) is 0 Å². The van der Waals surface area contributed by atoms with E-state index in [1.165, 1.54) is 11.8 Å². The standard InChI is InChI=1S/C16H20ClN5OS/c1-4-21(5-2)15(23)14-13(11-6-8-12(17)9-7-11)20-22-10(3)18-19-16(22)24-14/h6-9,13-14,20H,4-5H2,1-3H3/t13-,14+/m1/s1. The van der Waals surface area contributed by atoms with Crippen LogP contribution in [0.4, 0.5) is 0 Å². The van der Waals surface area contributed by atoms with Crippen molar-refractivity contribution in [2.75, 3.05) is 18.5 Å². The maximum atomic E-state index is 13.0. The number of benzene rings is 1. The van der Waals surface area contributed by atoms with Crippen LogP contribution in [0.15, 0.2) is 29.4 Å². The van der Waals surface area contributed by atoms with E-state index in [1.807, 2.05) is 54.6 Å². The molecular formula is C16H20ClN5OS. The summed E-state index contributed by atoms with van der Waals surface area (Å²) in [5.74, 6) is 0.870. The summed E-state index contributed by atoms with van der Waals surface area (Å²) in [6, 6.07) is 7.41. The fourth-order valence-electron chi connectivity index (χ4n) is 2.78. The molecular weight excluding hydrogens is 346 g/mol. The van der Waals surface area contributed by atoms with Crippen molar-refractivity contribution in [3.63, 3.8) is 0 Å². The second-order valence-corrected chi connectivity index (χ2v) is 7.12. The fourth-order valence-corrected chi connectivity index (χ4v) is 4.12. The van der Waals surface area contributed by atoms with Gasteiger partial charge in [-0.1, -0.05) is 35.5 Å². The van der Waals surface area contributed by atoms with Crippen molar-refractivity contribution in [3.05, 3.63) is 40.7 Å². The minimum atomic E-state index is -0.304. The van der Waals surface area contributed by atoms with Gasteiger partial charge in [-0.3, -0.25) is 4.79 Å². The van der Waals surface area contributed by atoms with Crippen LogP contribution in [0, 0.1) is 6.92 Å². The number of thioether (sulfide) groups is 1. The third-order valence-corrected chi connectivity index (χ3v) is 5.60. The van der Waals surface area contributed by atoms with Crippen LogP contribution < -0.4 is 5.43 Å². The van der Waals surface area contributed by atoms with Gasteiger partial charge in [-0.15, -0.1) is 10.2 Å². The van der Waals surface area contributed by atoms with E-state index in [0.717, 1.165) is 11.4 Å². The lowest BCUT2D eigenvalue weighted by molar-refractivity contribution is -0.130. The summed E-state index contributed by atoms with van der Waals surface area (Å²) in [5, 5.41) is 9.35. The Kier molecular flexibility index (Phi) is 5.01. The highest BCUT2D eigenvalue weighted by atomic mass is 35.5. The number of halogens is 1. The highest BCUT2D eigenvalue weighted by Crippen LogP contribution is 2.38. The van der Waals surface area contributed by atoms with Crippen LogP contribution in [-0.2, 0) is 4.79 Å². The Labute approximate surface area is 150 Å². The summed E-state index contributed by atoms with van der Waals surface area (Å²) in [6.45, 7) is 7.24. The second kappa shape index (κ2) is 7.03. The van der Waals surface area contributed by atoms with Gasteiger partial charge in [0.15, 0.2) is 0 Å². The Morgan fingerprint density at radius 3 is 2.58 bits per heavy atom. The third kappa shape index (κ3) is 3.10. The number of carbonyl (C=O) groups is 1. The molecule has 0 spiro atoms. The van der Waals surface area contributed by atoms with Crippen molar-refractivity contribution >= 4 is 29.3 Å². The zero-order chi connectivity index (χ0) is 17.3. The quantitative estimate of drug-likeness (QED) is 0.902. The Hall–Kier alpha value is -1.73. The molecule has 6 nitrogen and oxygen atoms in total. The van der Waals surface area contributed by atoms with E-state index in [2.05, 4.69) is 15.6 Å². The Bertz CT molecular complexity index is 729. The Morgan fingerprint density at radius 1 is 1.29 bits per heavy atom. The molecule has 0 aliphatic carbocycles. The molecule has 0 saturated heterocycles. The summed E-state index contributed by atoms with van der Waals surface area (Å²) in [4.78, 5) is 14.9. The van der Waals surface area contributed by atoms with Crippen LogP contribution in [0.3, 0.4) is 0 Å². The fraction of sp³-hybridized carbons (Fsp3) is 0.438. The molecule has 0 saturated carbocycles. The summed E-state index contributed by atoms with van der Waals surface area (Å²) in [5.41, 5.74) is 4.41. The number of hydrogen-bond acceptors (Lipinski definition) is 5. The van der Waals surface area contributed by atoms with Crippen molar-refractivity contribution in [1.82, 2.24) is 19.8 Å². The highest BCUT2D eigenvalue weighted by molar-refractivity contribution is 8.00. The number of amides is 1. The summed E-state index contributed by atoms with van der Waals surface area (Å²) in [6.07, 6.45) is 0. The van der Waals surface area contributed by atoms with Crippen molar-refractivity contribution < 1.29 is 4.79 Å². The smallest absolute Gasteiger partial charge is 0.238 e. The first-order chi connectivity index (χ1) is 11.5. The number of aryl methyl sites for hydroxylation is 1. The van der Waals surface area contributed by atoms with E-state index in [9.17, 15) is 4.79 Å². The molecule has 0 fully saturated rings. The van der Waals surface area contributed by atoms with Crippen LogP contribution in [0.5, 0.6) is 0 Å². The van der Waals surface area contributed by atoms with E-state index in [4.69, 9.17) is 11.6 Å². The van der Waals surface area contributed by atoms with Gasteiger partial charge in [-0.2, -0.15) is 0 Å². The molecule has 1 aliphatic heterocycles. The zero-order valence-corrected chi connectivity index (χ0v) is 15.4. The van der Waals surface area contributed by atoms with E-state index in [-0.39, 0.29) is 17.2 Å². The van der Waals surface area contributed by atoms with Gasteiger partial charge in [0, 0.05) is 18.1 Å². The summed E-state index contributed by atoms with van der Waals surface area (Å²) in [7, 11) is 0. The van der Waals surface area contributed by atoms with E-state index < -0.39 is 0 Å². The second-order valence-electron chi connectivity index (χ2n) is 5.57. The first-order valence-corrected chi connectivity index (χ1v) is 9.20. The molecule has 2 atom stereocenters. The van der Waals surface area contributed by atoms with Crippen LogP contribution in [0.1, 0.15) is 31.3 Å². The lowest BCUT2D eigenvalue weighted by Crippen LogP contribution is -2.46. The molecule has 0 unspecified atom stereocenters. The summed E-state index contributed by atoms with van der Waals surface area (Å²) >= 11 is 7.46. The van der Waals surface area contributed by atoms with Gasteiger partial charge in [0.1, 0.15) is 11.1 Å². The van der Waals surface area contributed by atoms with Crippen molar-refractivity contribution in [2.45, 2.75) is 37.2 Å². The number of nitrogens with zero attached hydrogens (tertiary/aromatic N) is 4. The Balaban J connectivity index is 1.99. The molecule has 128 valence electrons. The molecule has 1 aromatic heterocycles. The molecule has 2 aromatic rings. The molecule has 0 radical (unpaired) electrons. The lowest BCUT2D eigenvalue weighted by Gasteiger charge is -2.35. The predicted octanol–water partition coefficient (Wildman–Crippen LogP) is 2.87. The monoisotopic (exact) mass is 365 g/mol. The van der Waals surface area contributed by atoms with Gasteiger partial charge in [0.2, 0.25) is 11.1 Å². The van der Waals surface area contributed by atoms with E-state index in [1.54, 1.807) is 0 Å². The minimum absolute atomic E-state index is 0.101. The normalized spacial score (nSPS) is 19.5. The van der Waals surface area contributed by atoms with Gasteiger partial charge in [0.05, 0.1) is 6.04 Å². The van der Waals surface area contributed by atoms with Crippen LogP contribution >= 0.6 is 23.4 Å². The SMILES string of the molecule is CCN(CC)C(=O)[C@H]1Sc2nnc(C)n2N[C@@H]1c1ccc(Cl)cc1. The first-order valence-electron chi connectivity index (χ1n) is 7.94. The van der Waals surface area contributed by atoms with E-state index in [0.29, 0.717) is 23.3 Å². The maximum absolute atomic E-state index is 13.0. The summed E-state index contributed by atoms with van der Waals surface area (Å²) < 4.78 is 1.84. The number of hydrogen-bond donors (Lipinski definition) is 1. The number of fused-ring (bicyclic) bond motifs is 1. The van der Waals surface area contributed by atoms with Gasteiger partial charge in [-0.25, -0.2) is 4.68 Å². The average Bonchev–Trinajstić information content (AvgIpc) is 2.96. The van der Waals surface area contributed by atoms with Gasteiger partial charge in [-0.05, 0) is 38.5 Å². The molecule has 1 aliphatic rings. The molecule has 8 heteroatoms. The number of rotatable bonds is 4. The van der Waals surface area contributed by atoms with Gasteiger partial charge in [0.25, 0.3) is 0 Å². The molecule has 1 amide bonds. The minimum Gasteiger partial charge on any atom is -0.342 e. The topological polar surface area (TPSA) is 63.1 Å². The van der Waals surface area contributed by atoms with Crippen molar-refractivity contribution in [1.29, 1.82) is 0 Å². The lowest BCUT2D eigenvalue weighted by atomic mass is 10.0. The molecule has 1 aromatic carbocycles. The number of aromatic nitrogens is 3. The first kappa shape index (κ1) is 17.1. The Morgan fingerprint density at radius 2 is 1.96 bits per heavy atom. The molecule has 3 rings (SSSR count).